The first-order valence-electron chi connectivity index (χ1n) is 9.18. The molecule has 26 heavy (non-hydrogen) atoms. The molecule has 138 valence electrons. The van der Waals surface area contributed by atoms with E-state index in [1.165, 1.54) is 12.0 Å². The summed E-state index contributed by atoms with van der Waals surface area (Å²) in [6.45, 7) is 3.95. The van der Waals surface area contributed by atoms with Crippen LogP contribution in [0.4, 0.5) is 10.5 Å². The van der Waals surface area contributed by atoms with Crippen molar-refractivity contribution in [2.45, 2.75) is 19.4 Å². The Morgan fingerprint density at radius 3 is 2.85 bits per heavy atom. The number of methoxy groups -OCH3 is 1. The molecule has 1 aliphatic heterocycles. The number of hydrogen-bond acceptors (Lipinski definition) is 3. The molecule has 0 spiro atoms. The standard InChI is InChI=1S/C21H27N3O2/c1-26-20-9-5-8-19(14-20)23-21(25)22-12-10-18-11-13-24(16-18)15-17-6-3-2-4-7-17/h2-9,14,18H,10-13,15-16H2,1H3,(H2,22,23,25). The van der Waals surface area contributed by atoms with Gasteiger partial charge in [-0.05, 0) is 43.0 Å². The van der Waals surface area contributed by atoms with Crippen molar-refractivity contribution in [1.82, 2.24) is 10.2 Å². The largest absolute Gasteiger partial charge is 0.497 e. The van der Waals surface area contributed by atoms with Crippen LogP contribution in [0.25, 0.3) is 0 Å². The normalized spacial score (nSPS) is 17.0. The predicted octanol–water partition coefficient (Wildman–Crippen LogP) is 3.73. The summed E-state index contributed by atoms with van der Waals surface area (Å²) in [7, 11) is 1.61. The highest BCUT2D eigenvalue weighted by Gasteiger charge is 2.22. The van der Waals surface area contributed by atoms with E-state index in [0.717, 1.165) is 37.5 Å². The van der Waals surface area contributed by atoms with E-state index in [0.29, 0.717) is 12.5 Å². The van der Waals surface area contributed by atoms with Gasteiger partial charge in [-0.25, -0.2) is 4.79 Å². The zero-order chi connectivity index (χ0) is 18.2. The zero-order valence-corrected chi connectivity index (χ0v) is 15.3. The molecule has 2 amide bonds. The molecule has 1 saturated heterocycles. The van der Waals surface area contributed by atoms with Gasteiger partial charge in [-0.1, -0.05) is 36.4 Å². The first kappa shape index (κ1) is 18.3. The third-order valence-electron chi connectivity index (χ3n) is 4.78. The number of carbonyl (C=O) groups is 1. The van der Waals surface area contributed by atoms with E-state index in [-0.39, 0.29) is 6.03 Å². The van der Waals surface area contributed by atoms with Gasteiger partial charge in [0.15, 0.2) is 0 Å². The molecule has 2 N–H and O–H groups in total. The van der Waals surface area contributed by atoms with Crippen LogP contribution in [0.5, 0.6) is 5.75 Å². The van der Waals surface area contributed by atoms with E-state index in [4.69, 9.17) is 4.74 Å². The zero-order valence-electron chi connectivity index (χ0n) is 15.3. The van der Waals surface area contributed by atoms with Gasteiger partial charge in [0.05, 0.1) is 7.11 Å². The van der Waals surface area contributed by atoms with Gasteiger partial charge < -0.3 is 15.4 Å². The van der Waals surface area contributed by atoms with E-state index in [2.05, 4.69) is 45.9 Å². The number of nitrogens with one attached hydrogen (secondary N) is 2. The second-order valence-electron chi connectivity index (χ2n) is 6.78. The maximum absolute atomic E-state index is 12.0. The molecule has 0 aromatic heterocycles. The SMILES string of the molecule is COc1cccc(NC(=O)NCCC2CCN(Cc3ccccc3)C2)c1. The first-order chi connectivity index (χ1) is 12.7. The van der Waals surface area contributed by atoms with Crippen molar-refractivity contribution in [3.05, 3.63) is 60.2 Å². The maximum Gasteiger partial charge on any atom is 0.319 e. The van der Waals surface area contributed by atoms with Crippen LogP contribution in [0.2, 0.25) is 0 Å². The lowest BCUT2D eigenvalue weighted by Gasteiger charge is -2.16. The van der Waals surface area contributed by atoms with Crippen LogP contribution in [0, 0.1) is 5.92 Å². The fraction of sp³-hybridized carbons (Fsp3) is 0.381. The molecule has 2 aromatic carbocycles. The number of ether oxygens (including phenoxy) is 1. The van der Waals surface area contributed by atoms with Crippen molar-refractivity contribution < 1.29 is 9.53 Å². The summed E-state index contributed by atoms with van der Waals surface area (Å²) in [5.41, 5.74) is 2.10. The van der Waals surface area contributed by atoms with Gasteiger partial charge in [0.25, 0.3) is 0 Å². The van der Waals surface area contributed by atoms with E-state index < -0.39 is 0 Å². The Hall–Kier alpha value is -2.53. The Kier molecular flexibility index (Phi) is 6.50. The molecule has 5 heteroatoms. The molecular formula is C21H27N3O2. The molecule has 1 fully saturated rings. The maximum atomic E-state index is 12.0. The average molecular weight is 353 g/mol. The Morgan fingerprint density at radius 2 is 2.04 bits per heavy atom. The van der Waals surface area contributed by atoms with Crippen molar-refractivity contribution in [3.8, 4) is 5.75 Å². The molecule has 3 rings (SSSR count). The number of hydrogen-bond donors (Lipinski definition) is 2. The van der Waals surface area contributed by atoms with Crippen LogP contribution in [0.1, 0.15) is 18.4 Å². The van der Waals surface area contributed by atoms with Gasteiger partial charge in [0.2, 0.25) is 0 Å². The lowest BCUT2D eigenvalue weighted by Crippen LogP contribution is -2.31. The third kappa shape index (κ3) is 5.49. The number of benzene rings is 2. The van der Waals surface area contributed by atoms with E-state index in [1.807, 2.05) is 18.2 Å². The Balaban J connectivity index is 1.35. The van der Waals surface area contributed by atoms with Crippen LogP contribution < -0.4 is 15.4 Å². The second-order valence-corrected chi connectivity index (χ2v) is 6.78. The van der Waals surface area contributed by atoms with Gasteiger partial charge in [-0.15, -0.1) is 0 Å². The molecule has 0 bridgehead atoms. The molecule has 0 radical (unpaired) electrons. The summed E-state index contributed by atoms with van der Waals surface area (Å²) in [5.74, 6) is 1.38. The van der Waals surface area contributed by atoms with E-state index >= 15 is 0 Å². The van der Waals surface area contributed by atoms with Crippen LogP contribution in [-0.4, -0.2) is 37.7 Å². The third-order valence-corrected chi connectivity index (χ3v) is 4.78. The van der Waals surface area contributed by atoms with E-state index in [9.17, 15) is 4.79 Å². The first-order valence-corrected chi connectivity index (χ1v) is 9.18. The van der Waals surface area contributed by atoms with Crippen molar-refractivity contribution in [1.29, 1.82) is 0 Å². The van der Waals surface area contributed by atoms with Crippen molar-refractivity contribution >= 4 is 11.7 Å². The fourth-order valence-corrected chi connectivity index (χ4v) is 3.40. The fourth-order valence-electron chi connectivity index (χ4n) is 3.40. The minimum Gasteiger partial charge on any atom is -0.497 e. The number of carbonyl (C=O) groups excluding carboxylic acids is 1. The average Bonchev–Trinajstić information content (AvgIpc) is 3.10. The summed E-state index contributed by atoms with van der Waals surface area (Å²) >= 11 is 0. The van der Waals surface area contributed by atoms with E-state index in [1.54, 1.807) is 13.2 Å². The van der Waals surface area contributed by atoms with Crippen molar-refractivity contribution in [2.75, 3.05) is 32.1 Å². The monoisotopic (exact) mass is 353 g/mol. The van der Waals surface area contributed by atoms with Gasteiger partial charge in [0.1, 0.15) is 5.75 Å². The van der Waals surface area contributed by atoms with Gasteiger partial charge in [-0.3, -0.25) is 4.90 Å². The number of urea groups is 1. The highest BCUT2D eigenvalue weighted by atomic mass is 16.5. The van der Waals surface area contributed by atoms with Gasteiger partial charge >= 0.3 is 6.03 Å². The minimum absolute atomic E-state index is 0.169. The number of amides is 2. The van der Waals surface area contributed by atoms with Crippen LogP contribution >= 0.6 is 0 Å². The molecule has 1 aliphatic rings. The molecule has 0 saturated carbocycles. The summed E-state index contributed by atoms with van der Waals surface area (Å²) < 4.78 is 5.16. The highest BCUT2D eigenvalue weighted by molar-refractivity contribution is 5.89. The van der Waals surface area contributed by atoms with Crippen LogP contribution in [0.15, 0.2) is 54.6 Å². The Morgan fingerprint density at radius 1 is 1.19 bits per heavy atom. The highest BCUT2D eigenvalue weighted by Crippen LogP contribution is 2.21. The van der Waals surface area contributed by atoms with Crippen LogP contribution in [0.3, 0.4) is 0 Å². The molecular weight excluding hydrogens is 326 g/mol. The lowest BCUT2D eigenvalue weighted by atomic mass is 10.1. The molecule has 1 heterocycles. The Bertz CT molecular complexity index is 705. The van der Waals surface area contributed by atoms with Gasteiger partial charge in [0, 0.05) is 31.4 Å². The molecule has 2 aromatic rings. The quantitative estimate of drug-likeness (QED) is 0.797. The number of anilines is 1. The van der Waals surface area contributed by atoms with Gasteiger partial charge in [-0.2, -0.15) is 0 Å². The smallest absolute Gasteiger partial charge is 0.319 e. The number of likely N-dealkylation sites (tertiary alicyclic amines) is 1. The molecule has 1 unspecified atom stereocenters. The minimum atomic E-state index is -0.169. The molecule has 5 nitrogen and oxygen atoms in total. The second kappa shape index (κ2) is 9.25. The molecule has 1 atom stereocenters. The number of rotatable bonds is 7. The Labute approximate surface area is 155 Å². The van der Waals surface area contributed by atoms with Crippen molar-refractivity contribution in [2.24, 2.45) is 5.92 Å². The lowest BCUT2D eigenvalue weighted by molar-refractivity contribution is 0.251. The summed E-state index contributed by atoms with van der Waals surface area (Å²) in [6, 6.07) is 17.8. The van der Waals surface area contributed by atoms with Crippen LogP contribution in [-0.2, 0) is 6.54 Å². The summed E-state index contributed by atoms with van der Waals surface area (Å²) in [6.07, 6.45) is 2.21. The van der Waals surface area contributed by atoms with Crippen molar-refractivity contribution in [3.63, 3.8) is 0 Å². The topological polar surface area (TPSA) is 53.6 Å². The predicted molar refractivity (Wildman–Crippen MR) is 104 cm³/mol. The summed E-state index contributed by atoms with van der Waals surface area (Å²) in [4.78, 5) is 14.5. The number of nitrogens with zero attached hydrogens (tertiary/aromatic N) is 1. The summed E-state index contributed by atoms with van der Waals surface area (Å²) in [5, 5.41) is 5.79. The molecule has 0 aliphatic carbocycles.